The number of alkyl halides is 3. The van der Waals surface area contributed by atoms with Gasteiger partial charge in [-0.05, 0) is 53.4 Å². The van der Waals surface area contributed by atoms with Gasteiger partial charge < -0.3 is 9.84 Å². The summed E-state index contributed by atoms with van der Waals surface area (Å²) in [6.45, 7) is 1.70. The zero-order valence-corrected chi connectivity index (χ0v) is 15.1. The number of benzene rings is 2. The van der Waals surface area contributed by atoms with E-state index in [1.165, 1.54) is 36.5 Å². The second-order valence-electron chi connectivity index (χ2n) is 6.37. The summed E-state index contributed by atoms with van der Waals surface area (Å²) in [6, 6.07) is 10.8. The largest absolute Gasteiger partial charge is 0.573 e. The van der Waals surface area contributed by atoms with Crippen LogP contribution in [-0.2, 0) is 6.42 Å². The topological polar surface area (TPSA) is 59.4 Å². The smallest absolute Gasteiger partial charge is 0.478 e. The molecule has 0 aliphatic carbocycles. The number of nitrogens with zero attached hydrogens (tertiary/aromatic N) is 1. The van der Waals surface area contributed by atoms with Crippen molar-refractivity contribution in [2.75, 3.05) is 0 Å². The molecule has 0 saturated carbocycles. The van der Waals surface area contributed by atoms with E-state index < -0.39 is 23.9 Å². The van der Waals surface area contributed by atoms with Gasteiger partial charge in [0.1, 0.15) is 11.6 Å². The Balaban J connectivity index is 1.89. The third kappa shape index (κ3) is 5.10. The number of hydrogen-bond acceptors (Lipinski definition) is 3. The summed E-state index contributed by atoms with van der Waals surface area (Å²) < 4.78 is 55.7. The number of pyridine rings is 1. The molecule has 0 radical (unpaired) electrons. The Hall–Kier alpha value is -3.42. The van der Waals surface area contributed by atoms with Crippen LogP contribution in [0, 0.1) is 12.7 Å². The van der Waals surface area contributed by atoms with Gasteiger partial charge in [-0.25, -0.2) is 9.18 Å². The highest BCUT2D eigenvalue weighted by Crippen LogP contribution is 2.29. The van der Waals surface area contributed by atoms with E-state index in [9.17, 15) is 27.5 Å². The van der Waals surface area contributed by atoms with Gasteiger partial charge in [0.05, 0.1) is 11.3 Å². The summed E-state index contributed by atoms with van der Waals surface area (Å²) in [5.74, 6) is -2.19. The van der Waals surface area contributed by atoms with E-state index in [0.717, 1.165) is 12.1 Å². The summed E-state index contributed by atoms with van der Waals surface area (Å²) in [5, 5.41) is 9.31. The summed E-state index contributed by atoms with van der Waals surface area (Å²) in [4.78, 5) is 15.5. The summed E-state index contributed by atoms with van der Waals surface area (Å²) in [7, 11) is 0. The molecule has 2 aromatic carbocycles. The molecule has 0 aliphatic heterocycles. The van der Waals surface area contributed by atoms with Gasteiger partial charge in [-0.1, -0.05) is 24.3 Å². The van der Waals surface area contributed by atoms with Crippen molar-refractivity contribution in [2.24, 2.45) is 0 Å². The molecule has 0 fully saturated rings. The molecule has 0 spiro atoms. The van der Waals surface area contributed by atoms with Gasteiger partial charge in [-0.15, -0.1) is 13.2 Å². The highest BCUT2D eigenvalue weighted by atomic mass is 19.4. The van der Waals surface area contributed by atoms with Crippen molar-refractivity contribution < 1.29 is 32.2 Å². The van der Waals surface area contributed by atoms with Crippen LogP contribution in [-0.4, -0.2) is 22.4 Å². The van der Waals surface area contributed by atoms with Gasteiger partial charge in [0.15, 0.2) is 0 Å². The van der Waals surface area contributed by atoms with Crippen LogP contribution < -0.4 is 4.74 Å². The highest BCUT2D eigenvalue weighted by Gasteiger charge is 2.31. The number of carbonyl (C=O) groups is 1. The van der Waals surface area contributed by atoms with Crippen molar-refractivity contribution in [3.63, 3.8) is 0 Å². The molecule has 0 bridgehead atoms. The maximum absolute atomic E-state index is 14.6. The Kier molecular flexibility index (Phi) is 5.54. The normalized spacial score (nSPS) is 11.3. The number of rotatable bonds is 5. The number of ether oxygens (including phenoxy) is 1. The Bertz CT molecular complexity index is 1060. The standard InChI is InChI=1S/C21H15F4NO3/c1-12-7-17(20(27)28)19(26-11-12)10-15-6-5-14(9-18(15)22)13-3-2-4-16(8-13)29-21(23,24)25/h2-9,11H,10H2,1H3,(H,27,28). The van der Waals surface area contributed by atoms with Crippen molar-refractivity contribution in [3.8, 4) is 16.9 Å². The number of halogens is 4. The molecule has 0 atom stereocenters. The highest BCUT2D eigenvalue weighted by molar-refractivity contribution is 5.89. The maximum atomic E-state index is 14.6. The zero-order valence-electron chi connectivity index (χ0n) is 15.1. The van der Waals surface area contributed by atoms with Crippen LogP contribution in [0.15, 0.2) is 54.7 Å². The lowest BCUT2D eigenvalue weighted by Crippen LogP contribution is -2.17. The van der Waals surface area contributed by atoms with E-state index >= 15 is 0 Å². The third-order valence-electron chi connectivity index (χ3n) is 4.15. The predicted octanol–water partition coefficient (Wildman–Crippen LogP) is 5.38. The molecule has 1 N–H and O–H groups in total. The molecule has 29 heavy (non-hydrogen) atoms. The maximum Gasteiger partial charge on any atom is 0.573 e. The summed E-state index contributed by atoms with van der Waals surface area (Å²) in [5.41, 5.74) is 1.80. The van der Waals surface area contributed by atoms with Gasteiger partial charge in [-0.3, -0.25) is 4.98 Å². The van der Waals surface area contributed by atoms with Crippen LogP contribution >= 0.6 is 0 Å². The molecule has 1 aromatic heterocycles. The minimum atomic E-state index is -4.82. The van der Waals surface area contributed by atoms with Gasteiger partial charge >= 0.3 is 12.3 Å². The lowest BCUT2D eigenvalue weighted by Gasteiger charge is -2.11. The molecule has 1 heterocycles. The molecule has 0 saturated heterocycles. The number of aromatic carboxylic acids is 1. The molecule has 3 aromatic rings. The van der Waals surface area contributed by atoms with Crippen molar-refractivity contribution in [1.82, 2.24) is 4.98 Å². The Morgan fingerprint density at radius 3 is 2.48 bits per heavy atom. The average molecular weight is 405 g/mol. The zero-order chi connectivity index (χ0) is 21.2. The van der Waals surface area contributed by atoms with E-state index in [-0.39, 0.29) is 23.2 Å². The molecule has 0 aliphatic rings. The number of aryl methyl sites for hydroxylation is 1. The van der Waals surface area contributed by atoms with Gasteiger partial charge in [0.2, 0.25) is 0 Å². The van der Waals surface area contributed by atoms with Crippen LogP contribution in [0.4, 0.5) is 17.6 Å². The van der Waals surface area contributed by atoms with Crippen LogP contribution in [0.1, 0.15) is 27.2 Å². The summed E-state index contributed by atoms with van der Waals surface area (Å²) >= 11 is 0. The van der Waals surface area contributed by atoms with E-state index in [0.29, 0.717) is 16.7 Å². The fourth-order valence-electron chi connectivity index (χ4n) is 2.85. The first-order chi connectivity index (χ1) is 13.6. The Morgan fingerprint density at radius 2 is 1.83 bits per heavy atom. The van der Waals surface area contributed by atoms with E-state index in [2.05, 4.69) is 9.72 Å². The molecule has 8 heteroatoms. The average Bonchev–Trinajstić information content (AvgIpc) is 2.63. The fraction of sp³-hybridized carbons (Fsp3) is 0.143. The van der Waals surface area contributed by atoms with Crippen LogP contribution in [0.25, 0.3) is 11.1 Å². The van der Waals surface area contributed by atoms with Crippen LogP contribution in [0.3, 0.4) is 0 Å². The molecular formula is C21H15F4NO3. The summed E-state index contributed by atoms with van der Waals surface area (Å²) in [6.07, 6.45) is -3.36. The van der Waals surface area contributed by atoms with Crippen LogP contribution in [0.2, 0.25) is 0 Å². The first-order valence-corrected chi connectivity index (χ1v) is 8.46. The molecule has 150 valence electrons. The quantitative estimate of drug-likeness (QED) is 0.579. The molecule has 0 amide bonds. The second-order valence-corrected chi connectivity index (χ2v) is 6.37. The molecular weight excluding hydrogens is 390 g/mol. The van der Waals surface area contributed by atoms with Crippen molar-refractivity contribution in [2.45, 2.75) is 19.7 Å². The first kappa shape index (κ1) is 20.3. The molecule has 0 unspecified atom stereocenters. The second kappa shape index (κ2) is 7.90. The lowest BCUT2D eigenvalue weighted by molar-refractivity contribution is -0.274. The minimum absolute atomic E-state index is 0.00882. The van der Waals surface area contributed by atoms with E-state index in [1.54, 1.807) is 13.0 Å². The lowest BCUT2D eigenvalue weighted by atomic mass is 9.99. The fourth-order valence-corrected chi connectivity index (χ4v) is 2.85. The monoisotopic (exact) mass is 405 g/mol. The number of carboxylic acids is 1. The van der Waals surface area contributed by atoms with Crippen molar-refractivity contribution >= 4 is 5.97 Å². The first-order valence-electron chi connectivity index (χ1n) is 8.46. The molecule has 3 rings (SSSR count). The molecule has 4 nitrogen and oxygen atoms in total. The van der Waals surface area contributed by atoms with E-state index in [1.807, 2.05) is 0 Å². The van der Waals surface area contributed by atoms with Gasteiger partial charge in [0, 0.05) is 12.6 Å². The van der Waals surface area contributed by atoms with Gasteiger partial charge in [-0.2, -0.15) is 0 Å². The predicted molar refractivity (Wildman–Crippen MR) is 97.3 cm³/mol. The van der Waals surface area contributed by atoms with Gasteiger partial charge in [0.25, 0.3) is 0 Å². The number of aromatic nitrogens is 1. The Morgan fingerprint density at radius 1 is 1.10 bits per heavy atom. The number of carboxylic acid groups (broad SMARTS) is 1. The van der Waals surface area contributed by atoms with Crippen LogP contribution in [0.5, 0.6) is 5.75 Å². The Labute approximate surface area is 163 Å². The van der Waals surface area contributed by atoms with E-state index in [4.69, 9.17) is 0 Å². The van der Waals surface area contributed by atoms with Crippen molar-refractivity contribution in [1.29, 1.82) is 0 Å². The van der Waals surface area contributed by atoms with Crippen molar-refractivity contribution in [3.05, 3.63) is 82.9 Å². The third-order valence-corrected chi connectivity index (χ3v) is 4.15. The SMILES string of the molecule is Cc1cnc(Cc2ccc(-c3cccc(OC(F)(F)F)c3)cc2F)c(C(=O)O)c1. The minimum Gasteiger partial charge on any atom is -0.478 e. The number of hydrogen-bond donors (Lipinski definition) is 1.